The number of benzene rings is 2. The lowest BCUT2D eigenvalue weighted by atomic mass is 10.1. The van der Waals surface area contributed by atoms with Crippen LogP contribution in [0.4, 0.5) is 11.4 Å². The standard InChI is InChI=1S/C21H22N2O5/c1-3-6-20(25)23-16-7-4-5-8-18(16)28-21(26)17(23)13-19(24)22-14-9-11-15(27-2)12-10-14/h4-5,7-12,17H,3,6,13H2,1-2H3,(H,22,24). The van der Waals surface area contributed by atoms with E-state index in [4.69, 9.17) is 9.47 Å². The van der Waals surface area contributed by atoms with E-state index in [0.29, 0.717) is 29.3 Å². The lowest BCUT2D eigenvalue weighted by molar-refractivity contribution is -0.140. The number of nitrogens with one attached hydrogen (secondary N) is 1. The molecule has 1 unspecified atom stereocenters. The van der Waals surface area contributed by atoms with Crippen LogP contribution in [0.5, 0.6) is 11.5 Å². The molecule has 0 radical (unpaired) electrons. The van der Waals surface area contributed by atoms with Crippen LogP contribution in [0, 0.1) is 0 Å². The number of rotatable bonds is 6. The number of hydrogen-bond donors (Lipinski definition) is 1. The number of hydrogen-bond acceptors (Lipinski definition) is 5. The normalized spacial score (nSPS) is 15.4. The Balaban J connectivity index is 1.80. The van der Waals surface area contributed by atoms with Crippen molar-refractivity contribution in [3.8, 4) is 11.5 Å². The number of ether oxygens (including phenoxy) is 2. The zero-order chi connectivity index (χ0) is 20.1. The van der Waals surface area contributed by atoms with Crippen LogP contribution in [-0.2, 0) is 14.4 Å². The van der Waals surface area contributed by atoms with Gasteiger partial charge in [-0.25, -0.2) is 4.79 Å². The molecule has 0 fully saturated rings. The quantitative estimate of drug-likeness (QED) is 0.613. The molecule has 7 heteroatoms. The third-order valence-electron chi connectivity index (χ3n) is 4.40. The second kappa shape index (κ2) is 8.56. The van der Waals surface area contributed by atoms with Crippen LogP contribution in [-0.4, -0.2) is 30.9 Å². The van der Waals surface area contributed by atoms with E-state index in [-0.39, 0.29) is 24.7 Å². The van der Waals surface area contributed by atoms with Crippen molar-refractivity contribution in [1.82, 2.24) is 0 Å². The average molecular weight is 382 g/mol. The lowest BCUT2D eigenvalue weighted by Crippen LogP contribution is -2.51. The minimum atomic E-state index is -1.01. The average Bonchev–Trinajstić information content (AvgIpc) is 2.69. The fraction of sp³-hybridized carbons (Fsp3) is 0.286. The first-order valence-corrected chi connectivity index (χ1v) is 9.10. The minimum absolute atomic E-state index is 0.200. The van der Waals surface area contributed by atoms with Crippen molar-refractivity contribution in [1.29, 1.82) is 0 Å². The third kappa shape index (κ3) is 4.14. The molecule has 2 aromatic carbocycles. The first-order valence-electron chi connectivity index (χ1n) is 9.10. The highest BCUT2D eigenvalue weighted by Gasteiger charge is 2.39. The van der Waals surface area contributed by atoms with Gasteiger partial charge in [0.25, 0.3) is 0 Å². The van der Waals surface area contributed by atoms with Crippen LogP contribution in [0.2, 0.25) is 0 Å². The summed E-state index contributed by atoms with van der Waals surface area (Å²) in [6.07, 6.45) is 0.712. The molecular weight excluding hydrogens is 360 g/mol. The van der Waals surface area contributed by atoms with Gasteiger partial charge in [-0.1, -0.05) is 19.1 Å². The summed E-state index contributed by atoms with van der Waals surface area (Å²) in [5, 5.41) is 2.74. The maximum atomic E-state index is 12.7. The molecule has 0 aliphatic carbocycles. The van der Waals surface area contributed by atoms with Crippen molar-refractivity contribution in [3.63, 3.8) is 0 Å². The van der Waals surface area contributed by atoms with Gasteiger partial charge in [0, 0.05) is 12.1 Å². The summed E-state index contributed by atoms with van der Waals surface area (Å²) in [6.45, 7) is 1.89. The summed E-state index contributed by atoms with van der Waals surface area (Å²) in [7, 11) is 1.56. The summed E-state index contributed by atoms with van der Waals surface area (Å²) in [4.78, 5) is 39.2. The highest BCUT2D eigenvalue weighted by Crippen LogP contribution is 2.35. The topological polar surface area (TPSA) is 84.9 Å². The van der Waals surface area contributed by atoms with E-state index >= 15 is 0 Å². The Morgan fingerprint density at radius 2 is 1.86 bits per heavy atom. The first kappa shape index (κ1) is 19.4. The van der Waals surface area contributed by atoms with E-state index in [9.17, 15) is 14.4 Å². The fourth-order valence-electron chi connectivity index (χ4n) is 3.07. The molecule has 2 aromatic rings. The van der Waals surface area contributed by atoms with E-state index in [1.165, 1.54) is 4.90 Å². The highest BCUT2D eigenvalue weighted by atomic mass is 16.5. The molecule has 3 rings (SSSR count). The van der Waals surface area contributed by atoms with Crippen LogP contribution < -0.4 is 19.7 Å². The predicted molar refractivity (Wildman–Crippen MR) is 104 cm³/mol. The number of carbonyl (C=O) groups is 3. The van der Waals surface area contributed by atoms with Crippen molar-refractivity contribution in [3.05, 3.63) is 48.5 Å². The number of nitrogens with zero attached hydrogens (tertiary/aromatic N) is 1. The molecule has 7 nitrogen and oxygen atoms in total. The molecule has 0 spiro atoms. The van der Waals surface area contributed by atoms with Gasteiger partial charge in [-0.2, -0.15) is 0 Å². The summed E-state index contributed by atoms with van der Waals surface area (Å²) in [5.74, 6) is -0.228. The predicted octanol–water partition coefficient (Wildman–Crippen LogP) is 3.14. The van der Waals surface area contributed by atoms with Gasteiger partial charge >= 0.3 is 5.97 Å². The second-order valence-electron chi connectivity index (χ2n) is 6.40. The van der Waals surface area contributed by atoms with Gasteiger partial charge < -0.3 is 14.8 Å². The minimum Gasteiger partial charge on any atom is -0.497 e. The van der Waals surface area contributed by atoms with Gasteiger partial charge in [0.05, 0.1) is 19.2 Å². The molecule has 1 aliphatic heterocycles. The molecule has 1 heterocycles. The summed E-state index contributed by atoms with van der Waals surface area (Å²) in [6, 6.07) is 12.7. The Labute approximate surface area is 163 Å². The van der Waals surface area contributed by atoms with Crippen LogP contribution >= 0.6 is 0 Å². The molecule has 1 aliphatic rings. The van der Waals surface area contributed by atoms with Crippen LogP contribution in [0.25, 0.3) is 0 Å². The summed E-state index contributed by atoms with van der Waals surface area (Å²) < 4.78 is 10.4. The van der Waals surface area contributed by atoms with Crippen LogP contribution in [0.1, 0.15) is 26.2 Å². The Morgan fingerprint density at radius 3 is 2.54 bits per heavy atom. The smallest absolute Gasteiger partial charge is 0.335 e. The SMILES string of the molecule is CCCC(=O)N1c2ccccc2OC(=O)C1CC(=O)Nc1ccc(OC)cc1. The van der Waals surface area contributed by atoms with Gasteiger partial charge in [0.2, 0.25) is 11.8 Å². The molecule has 1 N–H and O–H groups in total. The van der Waals surface area contributed by atoms with Crippen molar-refractivity contribution in [2.45, 2.75) is 32.2 Å². The van der Waals surface area contributed by atoms with Gasteiger partial charge in [0.1, 0.15) is 11.8 Å². The number of amides is 2. The molecular formula is C21H22N2O5. The highest BCUT2D eigenvalue weighted by molar-refractivity contribution is 6.06. The number of esters is 1. The number of anilines is 2. The van der Waals surface area contributed by atoms with Crippen molar-refractivity contribution >= 4 is 29.2 Å². The fourth-order valence-corrected chi connectivity index (χ4v) is 3.07. The van der Waals surface area contributed by atoms with Gasteiger partial charge in [-0.05, 0) is 42.8 Å². The number of fused-ring (bicyclic) bond motifs is 1. The molecule has 0 aromatic heterocycles. The molecule has 0 bridgehead atoms. The Bertz CT molecular complexity index is 879. The maximum Gasteiger partial charge on any atom is 0.335 e. The number of carbonyl (C=O) groups excluding carboxylic acids is 3. The lowest BCUT2D eigenvalue weighted by Gasteiger charge is -2.35. The third-order valence-corrected chi connectivity index (χ3v) is 4.40. The second-order valence-corrected chi connectivity index (χ2v) is 6.40. The van der Waals surface area contributed by atoms with E-state index in [1.54, 1.807) is 55.6 Å². The molecule has 146 valence electrons. The monoisotopic (exact) mass is 382 g/mol. The van der Waals surface area contributed by atoms with Crippen LogP contribution in [0.3, 0.4) is 0 Å². The molecule has 28 heavy (non-hydrogen) atoms. The molecule has 0 saturated heterocycles. The van der Waals surface area contributed by atoms with Gasteiger partial charge in [-0.3, -0.25) is 14.5 Å². The van der Waals surface area contributed by atoms with Gasteiger partial charge in [0.15, 0.2) is 5.75 Å². The Hall–Kier alpha value is -3.35. The number of methoxy groups -OCH3 is 1. The number of para-hydroxylation sites is 2. The van der Waals surface area contributed by atoms with E-state index < -0.39 is 12.0 Å². The Morgan fingerprint density at radius 1 is 1.14 bits per heavy atom. The zero-order valence-corrected chi connectivity index (χ0v) is 15.8. The molecule has 1 atom stereocenters. The summed E-state index contributed by atoms with van der Waals surface area (Å²) in [5.41, 5.74) is 1.07. The van der Waals surface area contributed by atoms with Crippen molar-refractivity contribution in [2.24, 2.45) is 0 Å². The van der Waals surface area contributed by atoms with E-state index in [2.05, 4.69) is 5.32 Å². The van der Waals surface area contributed by atoms with E-state index in [1.807, 2.05) is 6.92 Å². The molecule has 2 amide bonds. The van der Waals surface area contributed by atoms with Crippen molar-refractivity contribution in [2.75, 3.05) is 17.3 Å². The molecule has 0 saturated carbocycles. The first-order chi connectivity index (χ1) is 13.5. The van der Waals surface area contributed by atoms with E-state index in [0.717, 1.165) is 0 Å². The maximum absolute atomic E-state index is 12.7. The van der Waals surface area contributed by atoms with Crippen LogP contribution in [0.15, 0.2) is 48.5 Å². The largest absolute Gasteiger partial charge is 0.497 e. The van der Waals surface area contributed by atoms with Crippen molar-refractivity contribution < 1.29 is 23.9 Å². The Kier molecular flexibility index (Phi) is 5.93. The zero-order valence-electron chi connectivity index (χ0n) is 15.8. The summed E-state index contributed by atoms with van der Waals surface area (Å²) >= 11 is 0. The van der Waals surface area contributed by atoms with Gasteiger partial charge in [-0.15, -0.1) is 0 Å².